The minimum Gasteiger partial charge on any atom is -0.489 e. The van der Waals surface area contributed by atoms with Crippen molar-refractivity contribution in [3.8, 4) is 89.6 Å². The molecule has 2 aromatic heterocycles. The first-order chi connectivity index (χ1) is 72.6. The van der Waals surface area contributed by atoms with Crippen LogP contribution in [-0.2, 0) is 66.4 Å². The third kappa shape index (κ3) is 18.8. The maximum absolute atomic E-state index is 6.54. The van der Waals surface area contributed by atoms with Crippen LogP contribution in [0, 0.1) is 0 Å². The summed E-state index contributed by atoms with van der Waals surface area (Å²) >= 11 is 0. The number of hydrogen-bond donors (Lipinski definition) is 0. The molecule has 0 amide bonds. The van der Waals surface area contributed by atoms with Gasteiger partial charge in [0.15, 0.2) is 0 Å². The lowest BCUT2D eigenvalue weighted by Gasteiger charge is -2.28. The number of rotatable bonds is 30. The van der Waals surface area contributed by atoms with Crippen LogP contribution in [0.15, 0.2) is 481 Å². The first kappa shape index (κ1) is 94.0. The Labute approximate surface area is 867 Å². The molecule has 0 atom stereocenters. The van der Waals surface area contributed by atoms with E-state index in [1.807, 2.05) is 24.3 Å². The SMILES string of the molecule is C=Cc1ccc(COCc2ccc3c(c2)C(C)(C)c2cc(N(c4ccc(-c5ccccc5)cc4)c4ccc(-c5ccc6c(c5)c5ccccc5n6-c5ccc(COCc6ccc(CC)cc6)cc5)cc4)ccc2-3)cc1.C=Cc1ccc(COc2cc(OCc3ccc(C=C)cc3)cc(-n3c4ccccc4c4cc(-c5ccc(N(c6ccc(-c7ccccc7)cc6)c6ccc7c(c6)C(C)(C)c6ccccc6-7)cc5)ccc43)c2)cc1. The molecule has 8 heteroatoms. The van der Waals surface area contributed by atoms with Crippen LogP contribution in [0.3, 0.4) is 0 Å². The minimum absolute atomic E-state index is 0.124. The highest BCUT2D eigenvalue weighted by molar-refractivity contribution is 6.12. The summed E-state index contributed by atoms with van der Waals surface area (Å²) in [6.07, 6.45) is 6.61. The van der Waals surface area contributed by atoms with Crippen molar-refractivity contribution < 1.29 is 18.9 Å². The van der Waals surface area contributed by atoms with Gasteiger partial charge >= 0.3 is 0 Å². The summed E-state index contributed by atoms with van der Waals surface area (Å²) in [6.45, 7) is 26.4. The Morgan fingerprint density at radius 2 is 0.534 bits per heavy atom. The third-order valence-corrected chi connectivity index (χ3v) is 29.8. The Morgan fingerprint density at radius 1 is 0.230 bits per heavy atom. The number of para-hydroxylation sites is 2. The van der Waals surface area contributed by atoms with Crippen molar-refractivity contribution in [1.82, 2.24) is 9.13 Å². The van der Waals surface area contributed by atoms with Crippen molar-refractivity contribution in [2.45, 2.75) is 91.5 Å². The highest BCUT2D eigenvalue weighted by atomic mass is 16.5. The smallest absolute Gasteiger partial charge is 0.125 e. The topological polar surface area (TPSA) is 53.3 Å². The Hall–Kier alpha value is -17.7. The second-order valence-electron chi connectivity index (χ2n) is 39.8. The summed E-state index contributed by atoms with van der Waals surface area (Å²) in [5, 5.41) is 4.79. The summed E-state index contributed by atoms with van der Waals surface area (Å²) in [4.78, 5) is 4.79. The molecular formula is C140H114N4O4. The molecular weight excluding hydrogens is 1800 g/mol. The van der Waals surface area contributed by atoms with Crippen molar-refractivity contribution in [2.75, 3.05) is 9.80 Å². The van der Waals surface area contributed by atoms with Gasteiger partial charge in [0.05, 0.1) is 54.2 Å². The second-order valence-corrected chi connectivity index (χ2v) is 39.8. The summed E-state index contributed by atoms with van der Waals surface area (Å²) < 4.78 is 30.2. The van der Waals surface area contributed by atoms with Gasteiger partial charge in [-0.2, -0.15) is 0 Å². The third-order valence-electron chi connectivity index (χ3n) is 29.8. The number of anilines is 6. The predicted octanol–water partition coefficient (Wildman–Crippen LogP) is 36.9. The standard InChI is InChI=1S/C71H60N2O2.C69H54N2O2/c1-5-49-16-20-51(21-17-49)45-74-47-53-24-32-61(33-25-53)73-69-15-11-10-14-65(69)66-43-58(31-41-70(66)73)57-29-36-60(37-30-57)72(59-34-27-56(28-35-59)55-12-8-7-9-13-55)62-38-40-64-63-39-26-54(42-67(63)71(3,4)68(64)44-62)48-75-46-52-22-18-50(6-2)19-23-52;1-5-47-20-24-49(25-21-47)45-72-59-41-58(42-60(44-59)73-46-50-26-22-48(6-2)23-27-50)71-67-19-13-11-17-63(67)64-40-54(32-39-68(64)71)53-30-35-56(36-31-53)70(55-33-28-52(29-34-55)51-14-8-7-9-15-51)57-37-38-62-61-16-10-12-18-65(61)69(3,4)66(62)43-57/h6-44H,2,5,45-48H2,1,3-4H3;5-44H,1-2,45-46H2,3-4H3. The molecule has 0 bridgehead atoms. The van der Waals surface area contributed by atoms with Gasteiger partial charge in [-0.1, -0.05) is 394 Å². The Morgan fingerprint density at radius 3 is 0.959 bits per heavy atom. The van der Waals surface area contributed by atoms with Gasteiger partial charge in [-0.3, -0.25) is 0 Å². The molecule has 22 aromatic rings. The fraction of sp³-hybridized carbons (Fsp3) is 0.100. The molecule has 2 heterocycles. The predicted molar refractivity (Wildman–Crippen MR) is 619 cm³/mol. The molecule has 0 spiro atoms. The molecule has 0 N–H and O–H groups in total. The molecule has 2 aliphatic rings. The van der Waals surface area contributed by atoms with E-state index in [0.717, 1.165) is 130 Å². The number of benzene rings is 20. The normalized spacial score (nSPS) is 12.4. The van der Waals surface area contributed by atoms with E-state index in [1.165, 1.54) is 122 Å². The number of hydrogen-bond acceptors (Lipinski definition) is 6. The lowest BCUT2D eigenvalue weighted by Crippen LogP contribution is -2.17. The molecule has 148 heavy (non-hydrogen) atoms. The summed E-state index contributed by atoms with van der Waals surface area (Å²) in [6, 6.07) is 167. The largest absolute Gasteiger partial charge is 0.489 e. The fourth-order valence-electron chi connectivity index (χ4n) is 21.7. The van der Waals surface area contributed by atoms with Gasteiger partial charge < -0.3 is 37.9 Å². The fourth-order valence-corrected chi connectivity index (χ4v) is 21.7. The molecule has 0 saturated carbocycles. The zero-order chi connectivity index (χ0) is 100. The van der Waals surface area contributed by atoms with E-state index in [2.05, 4.69) is 528 Å². The van der Waals surface area contributed by atoms with E-state index in [1.54, 1.807) is 0 Å². The Bertz CT molecular complexity index is 8590. The van der Waals surface area contributed by atoms with Crippen LogP contribution >= 0.6 is 0 Å². The maximum Gasteiger partial charge on any atom is 0.125 e. The quantitative estimate of drug-likeness (QED) is 0.0447. The lowest BCUT2D eigenvalue weighted by atomic mass is 9.82. The Balaban J connectivity index is 0.000000163. The van der Waals surface area contributed by atoms with Crippen molar-refractivity contribution in [3.63, 3.8) is 0 Å². The molecule has 24 rings (SSSR count). The van der Waals surface area contributed by atoms with Gasteiger partial charge in [-0.25, -0.2) is 0 Å². The molecule has 0 radical (unpaired) electrons. The number of nitrogens with zero attached hydrogens (tertiary/aromatic N) is 4. The van der Waals surface area contributed by atoms with Crippen molar-refractivity contribution in [3.05, 3.63) is 559 Å². The average Bonchev–Trinajstić information content (AvgIpc) is 1.58. The number of aromatic nitrogens is 2. The van der Waals surface area contributed by atoms with Crippen molar-refractivity contribution in [2.24, 2.45) is 0 Å². The van der Waals surface area contributed by atoms with Gasteiger partial charge in [0.1, 0.15) is 24.7 Å². The van der Waals surface area contributed by atoms with Gasteiger partial charge in [0.2, 0.25) is 0 Å². The first-order valence-electron chi connectivity index (χ1n) is 51.2. The van der Waals surface area contributed by atoms with Crippen LogP contribution in [0.25, 0.3) is 140 Å². The minimum atomic E-state index is -0.216. The van der Waals surface area contributed by atoms with E-state index in [4.69, 9.17) is 18.9 Å². The first-order valence-corrected chi connectivity index (χ1v) is 51.2. The zero-order valence-electron chi connectivity index (χ0n) is 84.1. The van der Waals surface area contributed by atoms with E-state index < -0.39 is 0 Å². The van der Waals surface area contributed by atoms with Crippen LogP contribution in [-0.4, -0.2) is 9.13 Å². The van der Waals surface area contributed by atoms with Crippen molar-refractivity contribution >= 4 is 96.0 Å². The molecule has 0 fully saturated rings. The molecule has 2 aliphatic carbocycles. The zero-order valence-corrected chi connectivity index (χ0v) is 84.1. The van der Waals surface area contributed by atoms with Crippen LogP contribution in [0.4, 0.5) is 34.1 Å². The van der Waals surface area contributed by atoms with Gasteiger partial charge in [-0.15, -0.1) is 0 Å². The number of aryl methyl sites for hydroxylation is 1. The molecule has 20 aromatic carbocycles. The second kappa shape index (κ2) is 40.9. The van der Waals surface area contributed by atoms with E-state index in [9.17, 15) is 0 Å². The molecule has 0 unspecified atom stereocenters. The summed E-state index contributed by atoms with van der Waals surface area (Å²) in [5.74, 6) is 1.44. The molecule has 718 valence electrons. The van der Waals surface area contributed by atoms with E-state index in [-0.39, 0.29) is 10.8 Å². The Kier molecular flexibility index (Phi) is 25.9. The summed E-state index contributed by atoms with van der Waals surface area (Å²) in [5.41, 5.74) is 44.3. The van der Waals surface area contributed by atoms with Crippen LogP contribution in [0.1, 0.15) is 113 Å². The van der Waals surface area contributed by atoms with Gasteiger partial charge in [0.25, 0.3) is 0 Å². The maximum atomic E-state index is 6.54. The molecule has 0 aliphatic heterocycles. The molecule has 0 saturated heterocycles. The van der Waals surface area contributed by atoms with Crippen LogP contribution in [0.2, 0.25) is 0 Å². The van der Waals surface area contributed by atoms with Crippen LogP contribution < -0.4 is 19.3 Å². The van der Waals surface area contributed by atoms with Crippen LogP contribution in [0.5, 0.6) is 11.5 Å². The lowest BCUT2D eigenvalue weighted by molar-refractivity contribution is 0.107. The number of ether oxygens (including phenoxy) is 4. The number of fused-ring (bicyclic) bond motifs is 12. The highest BCUT2D eigenvalue weighted by Crippen LogP contribution is 2.54. The van der Waals surface area contributed by atoms with Gasteiger partial charge in [0, 0.05) is 90.4 Å². The van der Waals surface area contributed by atoms with E-state index >= 15 is 0 Å². The van der Waals surface area contributed by atoms with E-state index in [0.29, 0.717) is 39.6 Å². The van der Waals surface area contributed by atoms with Gasteiger partial charge in [-0.05, 0) is 272 Å². The average molecular weight is 1920 g/mol. The highest BCUT2D eigenvalue weighted by Gasteiger charge is 2.38. The molecule has 8 nitrogen and oxygen atoms in total. The summed E-state index contributed by atoms with van der Waals surface area (Å²) in [7, 11) is 0. The van der Waals surface area contributed by atoms with Crippen molar-refractivity contribution in [1.29, 1.82) is 0 Å². The monoisotopic (exact) mass is 1910 g/mol.